The van der Waals surface area contributed by atoms with Crippen LogP contribution < -0.4 is 10.5 Å². The van der Waals surface area contributed by atoms with Crippen molar-refractivity contribution in [1.82, 2.24) is 14.3 Å². The Kier molecular flexibility index (Phi) is 3.96. The van der Waals surface area contributed by atoms with E-state index in [4.69, 9.17) is 17.3 Å². The number of nitrogens with zero attached hydrogens (tertiary/aromatic N) is 2. The summed E-state index contributed by atoms with van der Waals surface area (Å²) in [5, 5.41) is 0.106. The third-order valence-corrected chi connectivity index (χ3v) is 5.05. The molecule has 0 amide bonds. The molecule has 0 radical (unpaired) electrons. The second kappa shape index (κ2) is 5.16. The first-order chi connectivity index (χ1) is 8.44. The average Bonchev–Trinajstić information content (AvgIpc) is 2.86. The van der Waals surface area contributed by atoms with E-state index in [0.717, 1.165) is 19.3 Å². The molecule has 3 N–H and O–H groups in total. The van der Waals surface area contributed by atoms with Crippen molar-refractivity contribution in [2.24, 2.45) is 18.7 Å². The molecule has 1 aliphatic carbocycles. The number of aromatic nitrogens is 2. The van der Waals surface area contributed by atoms with Gasteiger partial charge in [-0.3, -0.25) is 0 Å². The molecule has 0 spiro atoms. The van der Waals surface area contributed by atoms with Crippen molar-refractivity contribution in [3.8, 4) is 0 Å². The van der Waals surface area contributed by atoms with E-state index in [1.165, 1.54) is 10.8 Å². The zero-order valence-corrected chi connectivity index (χ0v) is 11.7. The molecule has 0 saturated heterocycles. The quantitative estimate of drug-likeness (QED) is 0.844. The fraction of sp³-hybridized carbons (Fsp3) is 0.700. The smallest absolute Gasteiger partial charge is 0.259 e. The number of aryl methyl sites for hydroxylation is 1. The molecule has 1 aromatic heterocycles. The molecular formula is C10H17ClN4O2S. The van der Waals surface area contributed by atoms with Crippen molar-refractivity contribution in [3.63, 3.8) is 0 Å². The van der Waals surface area contributed by atoms with Gasteiger partial charge in [-0.25, -0.2) is 18.1 Å². The highest BCUT2D eigenvalue weighted by atomic mass is 35.5. The van der Waals surface area contributed by atoms with Crippen LogP contribution in [0.2, 0.25) is 5.28 Å². The summed E-state index contributed by atoms with van der Waals surface area (Å²) in [5.41, 5.74) is 5.63. The van der Waals surface area contributed by atoms with E-state index >= 15 is 0 Å². The fourth-order valence-electron chi connectivity index (χ4n) is 2.28. The van der Waals surface area contributed by atoms with E-state index in [1.807, 2.05) is 0 Å². The van der Waals surface area contributed by atoms with E-state index in [-0.39, 0.29) is 22.3 Å². The summed E-state index contributed by atoms with van der Waals surface area (Å²) in [7, 11) is -1.96. The molecule has 1 heterocycles. The van der Waals surface area contributed by atoms with Crippen LogP contribution in [-0.4, -0.2) is 30.6 Å². The monoisotopic (exact) mass is 292 g/mol. The highest BCUT2D eigenvalue weighted by Crippen LogP contribution is 2.26. The zero-order chi connectivity index (χ0) is 13.3. The zero-order valence-electron chi connectivity index (χ0n) is 10.1. The van der Waals surface area contributed by atoms with Crippen LogP contribution in [0.3, 0.4) is 0 Å². The topological polar surface area (TPSA) is 90.0 Å². The normalized spacial score (nSPS) is 24.6. The lowest BCUT2D eigenvalue weighted by atomic mass is 10.1. The van der Waals surface area contributed by atoms with Crippen LogP contribution in [0.25, 0.3) is 0 Å². The maximum absolute atomic E-state index is 12.1. The minimum atomic E-state index is -3.61. The van der Waals surface area contributed by atoms with Crippen molar-refractivity contribution in [1.29, 1.82) is 0 Å². The number of halogens is 1. The van der Waals surface area contributed by atoms with Gasteiger partial charge in [-0.05, 0) is 36.9 Å². The number of nitrogens with two attached hydrogens (primary N) is 1. The van der Waals surface area contributed by atoms with Crippen LogP contribution in [-0.2, 0) is 17.1 Å². The largest absolute Gasteiger partial charge is 0.330 e. The van der Waals surface area contributed by atoms with Gasteiger partial charge >= 0.3 is 0 Å². The van der Waals surface area contributed by atoms with Crippen molar-refractivity contribution in [2.45, 2.75) is 30.3 Å². The molecule has 2 atom stereocenters. The Morgan fingerprint density at radius 2 is 2.33 bits per heavy atom. The number of imidazole rings is 1. The molecule has 1 aliphatic rings. The second-order valence-electron chi connectivity index (χ2n) is 4.61. The highest BCUT2D eigenvalue weighted by Gasteiger charge is 2.31. The van der Waals surface area contributed by atoms with E-state index in [2.05, 4.69) is 9.71 Å². The Hall–Kier alpha value is -0.630. The van der Waals surface area contributed by atoms with Crippen LogP contribution in [0.5, 0.6) is 0 Å². The standard InChI is InChI=1S/C10H17ClN4O2S/c1-15-6-9(13-10(15)11)18(16,17)14-8-4-2-3-7(8)5-12/h6-8,14H,2-5,12H2,1H3/t7-,8-/m0/s1. The van der Waals surface area contributed by atoms with Crippen LogP contribution in [0, 0.1) is 5.92 Å². The summed E-state index contributed by atoms with van der Waals surface area (Å²) >= 11 is 5.75. The lowest BCUT2D eigenvalue weighted by Crippen LogP contribution is -2.39. The van der Waals surface area contributed by atoms with Gasteiger partial charge in [0.2, 0.25) is 5.28 Å². The van der Waals surface area contributed by atoms with Gasteiger partial charge in [0.05, 0.1) is 0 Å². The number of rotatable bonds is 4. The predicted molar refractivity (Wildman–Crippen MR) is 68.7 cm³/mol. The van der Waals surface area contributed by atoms with Crippen molar-refractivity contribution < 1.29 is 8.42 Å². The number of hydrogen-bond donors (Lipinski definition) is 2. The first-order valence-corrected chi connectivity index (χ1v) is 7.71. The van der Waals surface area contributed by atoms with Crippen LogP contribution in [0.1, 0.15) is 19.3 Å². The Balaban J connectivity index is 2.17. The van der Waals surface area contributed by atoms with E-state index in [1.54, 1.807) is 7.05 Å². The summed E-state index contributed by atoms with van der Waals surface area (Å²) in [6, 6.07) is -0.0965. The lowest BCUT2D eigenvalue weighted by Gasteiger charge is -2.18. The molecule has 0 unspecified atom stereocenters. The van der Waals surface area contributed by atoms with Gasteiger partial charge < -0.3 is 10.3 Å². The predicted octanol–water partition coefficient (Wildman–Crippen LogP) is 0.479. The summed E-state index contributed by atoms with van der Waals surface area (Å²) in [5.74, 6) is 0.207. The molecule has 18 heavy (non-hydrogen) atoms. The van der Waals surface area contributed by atoms with Gasteiger partial charge in [-0.2, -0.15) is 0 Å². The van der Waals surface area contributed by atoms with Gasteiger partial charge in [-0.1, -0.05) is 6.42 Å². The Bertz CT molecular complexity index is 508. The van der Waals surface area contributed by atoms with Gasteiger partial charge in [0.15, 0.2) is 5.03 Å². The molecule has 1 saturated carbocycles. The Labute approximate surface area is 112 Å². The molecule has 102 valence electrons. The summed E-state index contributed by atoms with van der Waals surface area (Å²) in [4.78, 5) is 3.82. The number of hydrogen-bond acceptors (Lipinski definition) is 4. The molecule has 2 rings (SSSR count). The minimum absolute atomic E-state index is 0.0438. The van der Waals surface area contributed by atoms with Gasteiger partial charge in [-0.15, -0.1) is 0 Å². The summed E-state index contributed by atoms with van der Waals surface area (Å²) in [6.07, 6.45) is 4.18. The maximum Gasteiger partial charge on any atom is 0.259 e. The second-order valence-corrected chi connectivity index (χ2v) is 6.61. The number of sulfonamides is 1. The minimum Gasteiger partial charge on any atom is -0.330 e. The van der Waals surface area contributed by atoms with Crippen LogP contribution >= 0.6 is 11.6 Å². The van der Waals surface area contributed by atoms with E-state index in [9.17, 15) is 8.42 Å². The Morgan fingerprint density at radius 3 is 2.89 bits per heavy atom. The molecule has 6 nitrogen and oxygen atoms in total. The lowest BCUT2D eigenvalue weighted by molar-refractivity contribution is 0.452. The van der Waals surface area contributed by atoms with Crippen molar-refractivity contribution >= 4 is 21.6 Å². The molecule has 0 bridgehead atoms. The third-order valence-electron chi connectivity index (χ3n) is 3.34. The number of nitrogens with one attached hydrogen (secondary N) is 1. The molecule has 0 aromatic carbocycles. The van der Waals surface area contributed by atoms with Crippen LogP contribution in [0.4, 0.5) is 0 Å². The van der Waals surface area contributed by atoms with Gasteiger partial charge in [0.25, 0.3) is 10.0 Å². The molecule has 0 aliphatic heterocycles. The maximum atomic E-state index is 12.1. The first-order valence-electron chi connectivity index (χ1n) is 5.85. The Morgan fingerprint density at radius 1 is 1.61 bits per heavy atom. The molecule has 1 aromatic rings. The SMILES string of the molecule is Cn1cc(S(=O)(=O)N[C@H]2CCC[C@H]2CN)nc1Cl. The fourth-order valence-corrected chi connectivity index (χ4v) is 3.80. The van der Waals surface area contributed by atoms with E-state index in [0.29, 0.717) is 6.54 Å². The first kappa shape index (κ1) is 13.8. The third kappa shape index (κ3) is 2.69. The van der Waals surface area contributed by atoms with Crippen LogP contribution in [0.15, 0.2) is 11.2 Å². The molecule has 8 heteroatoms. The molecular weight excluding hydrogens is 276 g/mol. The summed E-state index contributed by atoms with van der Waals surface area (Å²) in [6.45, 7) is 0.496. The average molecular weight is 293 g/mol. The van der Waals surface area contributed by atoms with Gasteiger partial charge in [0.1, 0.15) is 0 Å². The van der Waals surface area contributed by atoms with E-state index < -0.39 is 10.0 Å². The van der Waals surface area contributed by atoms with Gasteiger partial charge in [0, 0.05) is 19.3 Å². The van der Waals surface area contributed by atoms with Crippen molar-refractivity contribution in [2.75, 3.05) is 6.54 Å². The summed E-state index contributed by atoms with van der Waals surface area (Å²) < 4.78 is 28.4. The molecule has 1 fully saturated rings. The van der Waals surface area contributed by atoms with Crippen molar-refractivity contribution in [3.05, 3.63) is 11.5 Å². The highest BCUT2D eigenvalue weighted by molar-refractivity contribution is 7.89.